The van der Waals surface area contributed by atoms with Gasteiger partial charge >= 0.3 is 11.9 Å². The third-order valence-electron chi connectivity index (χ3n) is 26.8. The van der Waals surface area contributed by atoms with Gasteiger partial charge in [0, 0.05) is 0 Å². The Morgan fingerprint density at radius 3 is 1.58 bits per heavy atom. The van der Waals surface area contributed by atoms with Crippen LogP contribution in [-0.4, -0.2) is 368 Å². The van der Waals surface area contributed by atoms with Crippen molar-refractivity contribution in [3.05, 3.63) is 11.6 Å². The first-order chi connectivity index (χ1) is 49.7. The molecule has 37 heteroatoms. The topological polar surface area (TPSA) is 588 Å². The number of esters is 1. The number of carbonyl (C=O) groups excluding carboxylic acids is 1. The summed E-state index contributed by atoms with van der Waals surface area (Å²) >= 11 is 0. The van der Waals surface area contributed by atoms with Crippen LogP contribution in [0.3, 0.4) is 0 Å². The predicted molar refractivity (Wildman–Crippen MR) is 345 cm³/mol. The zero-order valence-electron chi connectivity index (χ0n) is 60.0. The van der Waals surface area contributed by atoms with Crippen molar-refractivity contribution < 1.29 is 183 Å². The SMILES string of the molecule is C[C@@H]1O[C@@H](O[C@H]2[C@H](OC(=O)[C@]34CCC(C)(C)C[C@H]3C3=CCC5[C@@]6(C)C[C@H](O)[C@H](O[C@@H]7O[C@H](CO)[C@@H](O)[C@H](O)[C@H]7O[C@@H]7O[C@H](CO)[C@@H](O)[C@H](O)[C@H]7O[C@@H]7O[C@H](CO)[C@@H](O)[C@H](O)[C@H]7O)[C@@](C)(C(=O)O)C6CC[C@@]5(C)[C@]3(C)CC4)OC[C@H](O)[C@@H]2O)[C@H](O)[C@H](O[C@@H]2OC[C@](O)(CO)[C@H]2O)[C@H]1O[C@@H]1OC[C@@H](O)[C@H](O)[C@H]1O. The van der Waals surface area contributed by atoms with Gasteiger partial charge in [-0.05, 0) is 111 Å². The van der Waals surface area contributed by atoms with Gasteiger partial charge in [0.05, 0.1) is 69.3 Å². The number of hydrogen-bond donors (Lipinski definition) is 21. The van der Waals surface area contributed by atoms with Crippen molar-refractivity contribution in [2.45, 2.75) is 308 Å². The molecule has 12 aliphatic rings. The van der Waals surface area contributed by atoms with Gasteiger partial charge in [-0.25, -0.2) is 0 Å². The first-order valence-electron chi connectivity index (χ1n) is 36.7. The van der Waals surface area contributed by atoms with Crippen molar-refractivity contribution in [2.24, 2.45) is 50.2 Å². The van der Waals surface area contributed by atoms with Crippen LogP contribution in [0.1, 0.15) is 106 Å². The average molecular weight is 1530 g/mol. The lowest BCUT2D eigenvalue weighted by Gasteiger charge is -2.71. The number of carbonyl (C=O) groups is 2. The molecule has 7 saturated heterocycles. The molecule has 7 aliphatic heterocycles. The molecule has 0 aromatic heterocycles. The molecule has 0 radical (unpaired) electrons. The molecule has 37 nitrogen and oxygen atoms in total. The number of carboxylic acids is 1. The van der Waals surface area contributed by atoms with Gasteiger partial charge in [-0.2, -0.15) is 0 Å². The molecule has 106 heavy (non-hydrogen) atoms. The van der Waals surface area contributed by atoms with Crippen molar-refractivity contribution in [1.29, 1.82) is 0 Å². The molecule has 41 atom stereocenters. The Labute approximate surface area is 609 Å². The van der Waals surface area contributed by atoms with Gasteiger partial charge in [-0.3, -0.25) is 9.59 Å². The maximum absolute atomic E-state index is 15.7. The smallest absolute Gasteiger partial charge is 0.315 e. The van der Waals surface area contributed by atoms with E-state index in [4.69, 9.17) is 66.3 Å². The van der Waals surface area contributed by atoms with Crippen molar-refractivity contribution in [3.8, 4) is 0 Å². The first-order valence-corrected chi connectivity index (χ1v) is 36.7. The molecule has 5 aliphatic carbocycles. The van der Waals surface area contributed by atoms with Crippen LogP contribution >= 0.6 is 0 Å². The molecule has 4 saturated carbocycles. The maximum atomic E-state index is 15.7. The Balaban J connectivity index is 0.795. The van der Waals surface area contributed by atoms with Gasteiger partial charge < -0.3 is 174 Å². The van der Waals surface area contributed by atoms with E-state index < -0.39 is 299 Å². The van der Waals surface area contributed by atoms with Crippen LogP contribution in [-0.2, 0) is 75.9 Å². The number of allylic oxidation sites excluding steroid dienone is 2. The van der Waals surface area contributed by atoms with E-state index in [-0.39, 0.29) is 30.6 Å². The lowest BCUT2D eigenvalue weighted by atomic mass is 9.33. The molecule has 0 aromatic carbocycles. The van der Waals surface area contributed by atoms with Gasteiger partial charge in [-0.15, -0.1) is 0 Å². The highest BCUT2D eigenvalue weighted by Gasteiger charge is 2.74. The fourth-order valence-electron chi connectivity index (χ4n) is 20.1. The summed E-state index contributed by atoms with van der Waals surface area (Å²) in [5.74, 6) is -3.75. The summed E-state index contributed by atoms with van der Waals surface area (Å²) in [5, 5.41) is 231. The number of ether oxygens (including phenoxy) is 14. The fraction of sp³-hybridized carbons (Fsp3) is 0.942. The number of aliphatic carboxylic acids is 1. The predicted octanol–water partition coefficient (Wildman–Crippen LogP) is -7.58. The van der Waals surface area contributed by atoms with Crippen LogP contribution in [0, 0.1) is 50.2 Å². The van der Waals surface area contributed by atoms with E-state index >= 15 is 4.79 Å². The number of hydrogen-bond acceptors (Lipinski definition) is 36. The van der Waals surface area contributed by atoms with Crippen LogP contribution in [0.25, 0.3) is 0 Å². The third-order valence-corrected chi connectivity index (χ3v) is 26.8. The van der Waals surface area contributed by atoms with E-state index in [2.05, 4.69) is 33.8 Å². The molecule has 0 bridgehead atoms. The zero-order chi connectivity index (χ0) is 77.4. The molecule has 0 spiro atoms. The van der Waals surface area contributed by atoms with Crippen LogP contribution < -0.4 is 0 Å². The summed E-state index contributed by atoms with van der Waals surface area (Å²) in [5.41, 5.74) is -7.23. The molecular formula is C69H110O37. The molecule has 7 heterocycles. The largest absolute Gasteiger partial charge is 0.481 e. The summed E-state index contributed by atoms with van der Waals surface area (Å²) in [6.45, 7) is 7.91. The number of rotatable bonds is 19. The molecule has 12 rings (SSSR count). The highest BCUT2D eigenvalue weighted by Crippen LogP contribution is 2.76. The maximum Gasteiger partial charge on any atom is 0.315 e. The van der Waals surface area contributed by atoms with Crippen LogP contribution in [0.4, 0.5) is 0 Å². The lowest BCUT2D eigenvalue weighted by Crippen LogP contribution is -2.71. The summed E-state index contributed by atoms with van der Waals surface area (Å²) in [6.07, 6.45) is -53.1. The van der Waals surface area contributed by atoms with E-state index in [1.54, 1.807) is 0 Å². The Morgan fingerprint density at radius 2 is 1.00 bits per heavy atom. The van der Waals surface area contributed by atoms with E-state index in [1.165, 1.54) is 13.8 Å². The Kier molecular flexibility index (Phi) is 24.2. The Morgan fingerprint density at radius 1 is 0.491 bits per heavy atom. The molecule has 11 fully saturated rings. The van der Waals surface area contributed by atoms with E-state index in [0.717, 1.165) is 5.57 Å². The minimum Gasteiger partial charge on any atom is -0.481 e. The monoisotopic (exact) mass is 1530 g/mol. The quantitative estimate of drug-likeness (QED) is 0.0324. The summed E-state index contributed by atoms with van der Waals surface area (Å²) in [4.78, 5) is 30.1. The molecule has 21 N–H and O–H groups in total. The number of carboxylic acid groups (broad SMARTS) is 1. The summed E-state index contributed by atoms with van der Waals surface area (Å²) in [6, 6.07) is 0. The van der Waals surface area contributed by atoms with Gasteiger partial charge in [0.2, 0.25) is 6.29 Å². The van der Waals surface area contributed by atoms with Crippen LogP contribution in [0.5, 0.6) is 0 Å². The highest BCUT2D eigenvalue weighted by atomic mass is 16.8. The molecular weight excluding hydrogens is 1420 g/mol. The van der Waals surface area contributed by atoms with Crippen molar-refractivity contribution in [3.63, 3.8) is 0 Å². The normalized spacial score (nSPS) is 54.6. The van der Waals surface area contributed by atoms with Crippen LogP contribution in [0.2, 0.25) is 0 Å². The second kappa shape index (κ2) is 30.9. The zero-order valence-corrected chi connectivity index (χ0v) is 60.0. The second-order valence-corrected chi connectivity index (χ2v) is 33.4. The van der Waals surface area contributed by atoms with E-state index in [9.17, 15) is 112 Å². The minimum absolute atomic E-state index is 0.0777. The van der Waals surface area contributed by atoms with E-state index in [1.807, 2.05) is 6.92 Å². The average Bonchev–Trinajstić information content (AvgIpc) is 0.782. The molecule has 2 unspecified atom stereocenters. The standard InChI is InChI=1S/C69H110O37/c1-25-47(100-54-44(85)36(77)29(75)21-93-54)48(101-60-52(88)69(92,23-73)24-95-60)46(87)56(96-25)102-49-37(78)30(76)22-94-57(49)106-62(91)68-14-12-63(2,3)16-27(68)26-8-9-34-64(4)17-28(74)53(67(7,61(89)90)35(64)10-11-66(34,6)65(26,5)13-15-68)105-59-51(43(84)40(81)33(20-72)99-59)104-58-50(42(83)39(80)32(19-71)98-58)103-55-45(86)41(82)38(79)31(18-70)97-55/h8,25,27-60,70-88,92H,9-24H2,1-7H3,(H,89,90)/t25-,27-,28-,29+,30-,31+,32+,33+,34?,35?,36-,37-,38+,39+,40+,41-,42-,43-,44+,45+,46+,47-,48-,49+,50+,51+,52-,53-,54-,55-,56-,57-,58-,59-,60-,64+,65+,66+,67-,68-,69+/m0/s1. The summed E-state index contributed by atoms with van der Waals surface area (Å²) < 4.78 is 84.1. The number of aliphatic hydroxyl groups excluding tert-OH is 19. The van der Waals surface area contributed by atoms with E-state index in [0.29, 0.717) is 38.5 Å². The number of fused-ring (bicyclic) bond motifs is 7. The molecule has 0 aromatic rings. The van der Waals surface area contributed by atoms with Crippen molar-refractivity contribution >= 4 is 11.9 Å². The van der Waals surface area contributed by atoms with Gasteiger partial charge in [0.1, 0.15) is 140 Å². The van der Waals surface area contributed by atoms with Crippen molar-refractivity contribution in [1.82, 2.24) is 0 Å². The molecule has 608 valence electrons. The Bertz CT molecular complexity index is 3080. The lowest BCUT2D eigenvalue weighted by molar-refractivity contribution is -0.400. The van der Waals surface area contributed by atoms with Gasteiger partial charge in [-0.1, -0.05) is 46.3 Å². The van der Waals surface area contributed by atoms with Crippen LogP contribution in [0.15, 0.2) is 11.6 Å². The first kappa shape index (κ1) is 82.8. The summed E-state index contributed by atoms with van der Waals surface area (Å²) in [7, 11) is 0. The third kappa shape index (κ3) is 14.0. The van der Waals surface area contributed by atoms with Gasteiger partial charge in [0.15, 0.2) is 43.8 Å². The number of aliphatic hydroxyl groups is 20. The minimum atomic E-state index is -2.21. The Hall–Kier alpha value is -2.64. The van der Waals surface area contributed by atoms with Crippen molar-refractivity contribution in [2.75, 3.05) is 46.2 Å². The highest BCUT2D eigenvalue weighted by molar-refractivity contribution is 5.79. The molecule has 0 amide bonds. The fourth-order valence-corrected chi connectivity index (χ4v) is 20.1. The van der Waals surface area contributed by atoms with Gasteiger partial charge in [0.25, 0.3) is 0 Å². The second-order valence-electron chi connectivity index (χ2n) is 33.4.